The summed E-state index contributed by atoms with van der Waals surface area (Å²) in [5, 5.41) is 0. The first-order chi connectivity index (χ1) is 40.0. The standard InChI is InChI=1S/C75H126O6/c1-4-7-10-13-16-19-22-25-27-28-29-30-31-32-33-34-35-36-37-38-39-40-41-42-43-44-45-46-48-50-53-56-59-62-65-68-74(77)80-71-72(70-79-73(76)67-64-61-58-55-52-49-24-21-18-15-12-9-6-3)81-75(78)69-66-63-60-57-54-51-47-26-23-20-17-14-11-8-5-2/h8-9,11-12,17-18,20-22,25-26,28-29,47,49,52,54,57,63,66,72H,4-7,10,13-16,19,23-24,27,30-46,48,50-51,53,55-56,58-62,64-65,67-71H2,1-3H3/b11-8-,12-9-,20-17-,21-18-,25-22-,29-28-,47-26-,52-49-,57-54-,66-63-. The molecule has 0 spiro atoms. The Hall–Kier alpha value is -4.19. The third-order valence-electron chi connectivity index (χ3n) is 14.5. The number of carbonyl (C=O) groups excluding carboxylic acids is 3. The highest BCUT2D eigenvalue weighted by molar-refractivity contribution is 5.72. The van der Waals surface area contributed by atoms with Crippen LogP contribution in [-0.2, 0) is 28.6 Å². The normalized spacial score (nSPS) is 12.9. The smallest absolute Gasteiger partial charge is 0.310 e. The van der Waals surface area contributed by atoms with Crippen molar-refractivity contribution in [1.82, 2.24) is 0 Å². The van der Waals surface area contributed by atoms with Crippen molar-refractivity contribution in [2.24, 2.45) is 0 Å². The first-order valence-electron chi connectivity index (χ1n) is 34.0. The van der Waals surface area contributed by atoms with Crippen molar-refractivity contribution in [2.75, 3.05) is 13.2 Å². The number of hydrogen-bond acceptors (Lipinski definition) is 6. The van der Waals surface area contributed by atoms with E-state index in [2.05, 4.69) is 130 Å². The summed E-state index contributed by atoms with van der Waals surface area (Å²) in [7, 11) is 0. The largest absolute Gasteiger partial charge is 0.462 e. The van der Waals surface area contributed by atoms with Crippen LogP contribution in [0.5, 0.6) is 0 Å². The van der Waals surface area contributed by atoms with Crippen LogP contribution in [0.15, 0.2) is 122 Å². The Morgan fingerprint density at radius 2 is 0.519 bits per heavy atom. The molecule has 0 aromatic heterocycles. The number of allylic oxidation sites excluding steroid dienone is 19. The lowest BCUT2D eigenvalue weighted by Gasteiger charge is -2.18. The van der Waals surface area contributed by atoms with E-state index in [4.69, 9.17) is 14.2 Å². The second-order valence-electron chi connectivity index (χ2n) is 22.3. The van der Waals surface area contributed by atoms with Crippen molar-refractivity contribution in [1.29, 1.82) is 0 Å². The van der Waals surface area contributed by atoms with E-state index in [0.717, 1.165) is 96.3 Å². The number of esters is 3. The molecular weight excluding hydrogens is 997 g/mol. The number of rotatable bonds is 61. The van der Waals surface area contributed by atoms with Gasteiger partial charge in [-0.1, -0.05) is 309 Å². The van der Waals surface area contributed by atoms with Gasteiger partial charge < -0.3 is 14.2 Å². The van der Waals surface area contributed by atoms with E-state index in [1.54, 1.807) is 6.08 Å². The topological polar surface area (TPSA) is 78.9 Å². The van der Waals surface area contributed by atoms with Crippen molar-refractivity contribution >= 4 is 17.9 Å². The summed E-state index contributed by atoms with van der Waals surface area (Å²) in [6.45, 7) is 6.31. The third kappa shape index (κ3) is 66.5. The fourth-order valence-corrected chi connectivity index (χ4v) is 9.45. The second kappa shape index (κ2) is 68.3. The number of ether oxygens (including phenoxy) is 3. The van der Waals surface area contributed by atoms with Crippen molar-refractivity contribution in [2.45, 2.75) is 322 Å². The lowest BCUT2D eigenvalue weighted by atomic mass is 10.0. The van der Waals surface area contributed by atoms with Crippen LogP contribution < -0.4 is 0 Å². The summed E-state index contributed by atoms with van der Waals surface area (Å²) >= 11 is 0. The van der Waals surface area contributed by atoms with Gasteiger partial charge in [0.2, 0.25) is 0 Å². The molecule has 0 bridgehead atoms. The zero-order valence-corrected chi connectivity index (χ0v) is 53.0. The molecule has 0 fully saturated rings. The molecule has 0 heterocycles. The van der Waals surface area contributed by atoms with Gasteiger partial charge in [0.1, 0.15) is 13.2 Å². The van der Waals surface area contributed by atoms with Gasteiger partial charge in [0.15, 0.2) is 6.10 Å². The molecule has 6 heteroatoms. The molecule has 0 aromatic rings. The predicted octanol–water partition coefficient (Wildman–Crippen LogP) is 23.6. The van der Waals surface area contributed by atoms with Gasteiger partial charge in [0, 0.05) is 12.8 Å². The fraction of sp³-hybridized carbons (Fsp3) is 0.693. The minimum Gasteiger partial charge on any atom is -0.462 e. The molecule has 1 atom stereocenters. The summed E-state index contributed by atoms with van der Waals surface area (Å²) in [5.41, 5.74) is 0. The molecule has 0 N–H and O–H groups in total. The Morgan fingerprint density at radius 3 is 0.827 bits per heavy atom. The number of hydrogen-bond donors (Lipinski definition) is 0. The van der Waals surface area contributed by atoms with Crippen LogP contribution in [0.25, 0.3) is 0 Å². The molecule has 81 heavy (non-hydrogen) atoms. The van der Waals surface area contributed by atoms with Crippen LogP contribution in [0.1, 0.15) is 316 Å². The quantitative estimate of drug-likeness (QED) is 0.0261. The van der Waals surface area contributed by atoms with Crippen molar-refractivity contribution in [3.8, 4) is 0 Å². The van der Waals surface area contributed by atoms with Gasteiger partial charge in [-0.25, -0.2) is 0 Å². The van der Waals surface area contributed by atoms with Gasteiger partial charge in [-0.2, -0.15) is 0 Å². The lowest BCUT2D eigenvalue weighted by molar-refractivity contribution is -0.166. The SMILES string of the molecule is CC/C=C\C/C=C\C/C=C\C/C=C\C/C=C\CC(=O)OC(COC(=O)CCCCC/C=C\C/C=C\C/C=C\CC)COC(=O)CCCCCCCCCCCCCCCCCCCCCCCCC/C=C\C/C=C\CCCCCCC. The molecule has 0 aliphatic carbocycles. The van der Waals surface area contributed by atoms with E-state index in [1.807, 2.05) is 6.08 Å². The molecule has 0 aliphatic rings. The van der Waals surface area contributed by atoms with Crippen molar-refractivity contribution in [3.63, 3.8) is 0 Å². The van der Waals surface area contributed by atoms with Gasteiger partial charge in [-0.3, -0.25) is 14.4 Å². The van der Waals surface area contributed by atoms with Crippen molar-refractivity contribution in [3.05, 3.63) is 122 Å². The Bertz CT molecular complexity index is 1670. The molecule has 0 radical (unpaired) electrons. The molecule has 0 saturated carbocycles. The first-order valence-corrected chi connectivity index (χ1v) is 34.0. The number of unbranched alkanes of at least 4 members (excludes halogenated alkanes) is 31. The summed E-state index contributed by atoms with van der Waals surface area (Å²) in [4.78, 5) is 38.2. The average Bonchev–Trinajstić information content (AvgIpc) is 3.46. The van der Waals surface area contributed by atoms with E-state index in [1.165, 1.54) is 173 Å². The highest BCUT2D eigenvalue weighted by atomic mass is 16.6. The van der Waals surface area contributed by atoms with Crippen LogP contribution in [-0.4, -0.2) is 37.2 Å². The van der Waals surface area contributed by atoms with E-state index >= 15 is 0 Å². The monoisotopic (exact) mass is 1120 g/mol. The van der Waals surface area contributed by atoms with Gasteiger partial charge >= 0.3 is 17.9 Å². The summed E-state index contributed by atoms with van der Waals surface area (Å²) in [6, 6.07) is 0. The van der Waals surface area contributed by atoms with E-state index in [0.29, 0.717) is 19.3 Å². The minimum atomic E-state index is -0.846. The maximum Gasteiger partial charge on any atom is 0.310 e. The van der Waals surface area contributed by atoms with Crippen LogP contribution in [0.3, 0.4) is 0 Å². The third-order valence-corrected chi connectivity index (χ3v) is 14.5. The van der Waals surface area contributed by atoms with Crippen LogP contribution in [0, 0.1) is 0 Å². The summed E-state index contributed by atoms with van der Waals surface area (Å²) in [5.74, 6) is -1.08. The molecule has 0 aliphatic heterocycles. The minimum absolute atomic E-state index is 0.0883. The maximum absolute atomic E-state index is 12.8. The van der Waals surface area contributed by atoms with Gasteiger partial charge in [-0.05, 0) is 109 Å². The lowest BCUT2D eigenvalue weighted by Crippen LogP contribution is -2.30. The molecule has 0 saturated heterocycles. The Labute approximate surface area is 501 Å². The zero-order valence-electron chi connectivity index (χ0n) is 53.0. The zero-order chi connectivity index (χ0) is 58.5. The number of carbonyl (C=O) groups is 3. The highest BCUT2D eigenvalue weighted by Crippen LogP contribution is 2.17. The predicted molar refractivity (Wildman–Crippen MR) is 353 cm³/mol. The maximum atomic E-state index is 12.8. The van der Waals surface area contributed by atoms with Crippen LogP contribution >= 0.6 is 0 Å². The molecular formula is C75H126O6. The molecule has 462 valence electrons. The molecule has 1 unspecified atom stereocenters. The van der Waals surface area contributed by atoms with E-state index < -0.39 is 12.1 Å². The molecule has 6 nitrogen and oxygen atoms in total. The van der Waals surface area contributed by atoms with Gasteiger partial charge in [0.25, 0.3) is 0 Å². The van der Waals surface area contributed by atoms with E-state index in [-0.39, 0.29) is 31.6 Å². The van der Waals surface area contributed by atoms with Gasteiger partial charge in [0.05, 0.1) is 6.42 Å². The summed E-state index contributed by atoms with van der Waals surface area (Å²) in [6.07, 6.45) is 95.7. The molecule has 0 aromatic carbocycles. The molecule has 0 amide bonds. The highest BCUT2D eigenvalue weighted by Gasteiger charge is 2.19. The first kappa shape index (κ1) is 76.8. The average molecular weight is 1120 g/mol. The Morgan fingerprint density at radius 1 is 0.272 bits per heavy atom. The van der Waals surface area contributed by atoms with Gasteiger partial charge in [-0.15, -0.1) is 0 Å². The fourth-order valence-electron chi connectivity index (χ4n) is 9.45. The second-order valence-corrected chi connectivity index (χ2v) is 22.3. The van der Waals surface area contributed by atoms with Crippen molar-refractivity contribution < 1.29 is 28.6 Å². The van der Waals surface area contributed by atoms with E-state index in [9.17, 15) is 14.4 Å². The Balaban J connectivity index is 4.16. The Kier molecular flexibility index (Phi) is 64.8. The summed E-state index contributed by atoms with van der Waals surface area (Å²) < 4.78 is 16.8. The van der Waals surface area contributed by atoms with Crippen LogP contribution in [0.2, 0.25) is 0 Å². The molecule has 0 rings (SSSR count). The van der Waals surface area contributed by atoms with Crippen LogP contribution in [0.4, 0.5) is 0 Å².